The Balaban J connectivity index is 1.84. The molecular formula is C14H20O2S3. The van der Waals surface area contributed by atoms with E-state index in [-0.39, 0.29) is 0 Å². The van der Waals surface area contributed by atoms with Crippen LogP contribution in [0.5, 0.6) is 0 Å². The zero-order chi connectivity index (χ0) is 13.7. The predicted octanol–water partition coefficient (Wildman–Crippen LogP) is 4.41. The molecule has 1 aromatic rings. The molecule has 106 valence electrons. The summed E-state index contributed by atoms with van der Waals surface area (Å²) < 4.78 is 22.4. The van der Waals surface area contributed by atoms with Crippen molar-refractivity contribution in [2.24, 2.45) is 5.92 Å². The molecule has 1 aromatic carbocycles. The Morgan fingerprint density at radius 2 is 1.63 bits per heavy atom. The molecule has 0 aliphatic heterocycles. The average molecular weight is 317 g/mol. The summed E-state index contributed by atoms with van der Waals surface area (Å²) in [5, 5.41) is 0. The van der Waals surface area contributed by atoms with Gasteiger partial charge in [0.05, 0.1) is 0 Å². The van der Waals surface area contributed by atoms with Gasteiger partial charge < -0.3 is 0 Å². The Kier molecular flexibility index (Phi) is 5.66. The van der Waals surface area contributed by atoms with Crippen LogP contribution in [-0.4, -0.2) is 20.4 Å². The van der Waals surface area contributed by atoms with E-state index in [4.69, 9.17) is 0 Å². The van der Waals surface area contributed by atoms with Crippen LogP contribution in [0.25, 0.3) is 0 Å². The largest absolute Gasteiger partial charge is 0.217 e. The summed E-state index contributed by atoms with van der Waals surface area (Å²) in [6.07, 6.45) is 8.15. The van der Waals surface area contributed by atoms with Crippen molar-refractivity contribution < 1.29 is 8.42 Å². The summed E-state index contributed by atoms with van der Waals surface area (Å²) in [5.74, 6) is 2.06. The van der Waals surface area contributed by atoms with Crippen LogP contribution in [-0.2, 0) is 8.87 Å². The van der Waals surface area contributed by atoms with Crippen molar-refractivity contribution in [2.75, 3.05) is 12.0 Å². The van der Waals surface area contributed by atoms with E-state index in [0.29, 0.717) is 0 Å². The summed E-state index contributed by atoms with van der Waals surface area (Å²) in [6.45, 7) is 0. The van der Waals surface area contributed by atoms with Crippen molar-refractivity contribution >= 4 is 31.4 Å². The van der Waals surface area contributed by atoms with E-state index in [1.165, 1.54) is 49.0 Å². The van der Waals surface area contributed by atoms with Crippen LogP contribution in [0.2, 0.25) is 0 Å². The van der Waals surface area contributed by atoms with E-state index >= 15 is 0 Å². The summed E-state index contributed by atoms with van der Waals surface area (Å²) in [4.78, 5) is 2.04. The number of thioether (sulfide) groups is 1. The second kappa shape index (κ2) is 7.04. The minimum absolute atomic E-state index is 0.796. The Labute approximate surface area is 124 Å². The third-order valence-corrected chi connectivity index (χ3v) is 6.78. The first-order valence-corrected chi connectivity index (χ1v) is 10.9. The molecule has 19 heavy (non-hydrogen) atoms. The molecule has 2 nitrogen and oxygen atoms in total. The SMILES string of the molecule is CS(=O)(=O)Sc1ccc(SCC2CCCCC2)cc1. The van der Waals surface area contributed by atoms with Gasteiger partial charge >= 0.3 is 0 Å². The molecule has 0 atom stereocenters. The molecular weight excluding hydrogens is 296 g/mol. The van der Waals surface area contributed by atoms with Crippen molar-refractivity contribution in [1.29, 1.82) is 0 Å². The van der Waals surface area contributed by atoms with Crippen LogP contribution in [0, 0.1) is 5.92 Å². The third kappa shape index (κ3) is 5.79. The molecule has 0 aromatic heterocycles. The van der Waals surface area contributed by atoms with E-state index in [0.717, 1.165) is 21.6 Å². The monoisotopic (exact) mass is 316 g/mol. The zero-order valence-electron chi connectivity index (χ0n) is 11.2. The van der Waals surface area contributed by atoms with Crippen molar-refractivity contribution in [3.05, 3.63) is 24.3 Å². The van der Waals surface area contributed by atoms with Crippen molar-refractivity contribution in [2.45, 2.75) is 41.9 Å². The van der Waals surface area contributed by atoms with Gasteiger partial charge in [0, 0.05) is 32.6 Å². The van der Waals surface area contributed by atoms with Gasteiger partial charge in [0.1, 0.15) is 0 Å². The molecule has 5 heteroatoms. The van der Waals surface area contributed by atoms with Crippen LogP contribution in [0.3, 0.4) is 0 Å². The minimum atomic E-state index is -3.01. The summed E-state index contributed by atoms with van der Waals surface area (Å²) >= 11 is 1.89. The fourth-order valence-corrected chi connectivity index (χ4v) is 5.40. The lowest BCUT2D eigenvalue weighted by atomic mass is 9.91. The van der Waals surface area contributed by atoms with Gasteiger partial charge in [-0.25, -0.2) is 8.42 Å². The first-order valence-electron chi connectivity index (χ1n) is 6.65. The Hall–Kier alpha value is -0.130. The van der Waals surface area contributed by atoms with Crippen molar-refractivity contribution in [1.82, 2.24) is 0 Å². The standard InChI is InChI=1S/C14H20O2S3/c1-19(15,16)18-14-9-7-13(8-10-14)17-11-12-5-3-2-4-6-12/h7-10,12H,2-6,11H2,1H3. The van der Waals surface area contributed by atoms with Gasteiger partial charge in [-0.15, -0.1) is 11.8 Å². The maximum Gasteiger partial charge on any atom is 0.203 e. The molecule has 2 rings (SSSR count). The molecule has 0 amide bonds. The second-order valence-electron chi connectivity index (χ2n) is 5.07. The molecule has 0 spiro atoms. The Morgan fingerprint density at radius 3 is 2.21 bits per heavy atom. The lowest BCUT2D eigenvalue weighted by Crippen LogP contribution is -2.08. The summed E-state index contributed by atoms with van der Waals surface area (Å²) in [5.41, 5.74) is 0. The average Bonchev–Trinajstić information content (AvgIpc) is 2.37. The van der Waals surface area contributed by atoms with Gasteiger partial charge in [0.2, 0.25) is 8.87 Å². The van der Waals surface area contributed by atoms with Gasteiger partial charge in [-0.2, -0.15) is 0 Å². The summed E-state index contributed by atoms with van der Waals surface area (Å²) in [7, 11) is -2.09. The molecule has 0 bridgehead atoms. The molecule has 0 radical (unpaired) electrons. The fraction of sp³-hybridized carbons (Fsp3) is 0.571. The molecule has 1 saturated carbocycles. The van der Waals surface area contributed by atoms with Gasteiger partial charge in [0.15, 0.2) is 0 Å². The van der Waals surface area contributed by atoms with E-state index in [2.05, 4.69) is 0 Å². The fourth-order valence-electron chi connectivity index (χ4n) is 2.33. The van der Waals surface area contributed by atoms with Crippen LogP contribution in [0.15, 0.2) is 34.1 Å². The topological polar surface area (TPSA) is 34.1 Å². The first kappa shape index (κ1) is 15.3. The lowest BCUT2D eigenvalue weighted by Gasteiger charge is -2.20. The predicted molar refractivity (Wildman–Crippen MR) is 84.4 cm³/mol. The quantitative estimate of drug-likeness (QED) is 0.595. The van der Waals surface area contributed by atoms with E-state index in [1.54, 1.807) is 0 Å². The molecule has 0 N–H and O–H groups in total. The normalized spacial score (nSPS) is 17.5. The molecule has 1 aliphatic rings. The molecule has 0 unspecified atom stereocenters. The second-order valence-corrected chi connectivity index (χ2v) is 10.5. The van der Waals surface area contributed by atoms with Crippen molar-refractivity contribution in [3.8, 4) is 0 Å². The van der Waals surface area contributed by atoms with Gasteiger partial charge in [-0.3, -0.25) is 0 Å². The summed E-state index contributed by atoms with van der Waals surface area (Å²) in [6, 6.07) is 7.85. The highest BCUT2D eigenvalue weighted by Crippen LogP contribution is 2.31. The molecule has 1 fully saturated rings. The lowest BCUT2D eigenvalue weighted by molar-refractivity contribution is 0.391. The maximum absolute atomic E-state index is 11.2. The van der Waals surface area contributed by atoms with Crippen LogP contribution >= 0.6 is 22.6 Å². The highest BCUT2D eigenvalue weighted by atomic mass is 33.1. The van der Waals surface area contributed by atoms with Crippen LogP contribution in [0.1, 0.15) is 32.1 Å². The number of benzene rings is 1. The minimum Gasteiger partial charge on any atom is -0.217 e. The number of hydrogen-bond donors (Lipinski definition) is 0. The van der Waals surface area contributed by atoms with Gasteiger partial charge in [-0.05, 0) is 43.0 Å². The molecule has 0 saturated heterocycles. The number of rotatable bonds is 5. The number of hydrogen-bond acceptors (Lipinski definition) is 4. The van der Waals surface area contributed by atoms with Crippen LogP contribution in [0.4, 0.5) is 0 Å². The van der Waals surface area contributed by atoms with Crippen molar-refractivity contribution in [3.63, 3.8) is 0 Å². The van der Waals surface area contributed by atoms with E-state index in [1.807, 2.05) is 36.0 Å². The molecule has 1 aliphatic carbocycles. The van der Waals surface area contributed by atoms with E-state index < -0.39 is 8.87 Å². The smallest absolute Gasteiger partial charge is 0.203 e. The Bertz CT molecular complexity index is 488. The van der Waals surface area contributed by atoms with Crippen LogP contribution < -0.4 is 0 Å². The Morgan fingerprint density at radius 1 is 1.05 bits per heavy atom. The first-order chi connectivity index (χ1) is 9.03. The van der Waals surface area contributed by atoms with E-state index in [9.17, 15) is 8.42 Å². The third-order valence-electron chi connectivity index (χ3n) is 3.28. The highest BCUT2D eigenvalue weighted by Gasteiger charge is 2.13. The highest BCUT2D eigenvalue weighted by molar-refractivity contribution is 8.71. The zero-order valence-corrected chi connectivity index (χ0v) is 13.6. The maximum atomic E-state index is 11.2. The molecule has 0 heterocycles. The van der Waals surface area contributed by atoms with Gasteiger partial charge in [-0.1, -0.05) is 19.3 Å². The van der Waals surface area contributed by atoms with Gasteiger partial charge in [0.25, 0.3) is 0 Å².